The lowest BCUT2D eigenvalue weighted by Gasteiger charge is -2.17. The summed E-state index contributed by atoms with van der Waals surface area (Å²) in [6.07, 6.45) is 5.16. The Kier molecular flexibility index (Phi) is 5.97. The van der Waals surface area contributed by atoms with Crippen LogP contribution in [0.1, 0.15) is 45.9 Å². The number of fused-ring (bicyclic) bond motifs is 1. The van der Waals surface area contributed by atoms with E-state index in [1.165, 1.54) is 0 Å². The van der Waals surface area contributed by atoms with Crippen LogP contribution in [0.4, 0.5) is 0 Å². The molecule has 0 saturated carbocycles. The van der Waals surface area contributed by atoms with E-state index in [0.29, 0.717) is 24.9 Å². The Hall–Kier alpha value is -1.47. The molecule has 3 heterocycles. The normalized spacial score (nSPS) is 19.0. The lowest BCUT2D eigenvalue weighted by molar-refractivity contribution is 0.444. The van der Waals surface area contributed by atoms with E-state index >= 15 is 0 Å². The minimum atomic E-state index is -3.11. The van der Waals surface area contributed by atoms with E-state index in [2.05, 4.69) is 23.4 Å². The fourth-order valence-electron chi connectivity index (χ4n) is 3.65. The molecule has 0 amide bonds. The van der Waals surface area contributed by atoms with Gasteiger partial charge in [-0.15, -0.1) is 0 Å². The maximum Gasteiger partial charge on any atom is 0.214 e. The molecular weight excluding hydrogens is 348 g/mol. The summed E-state index contributed by atoms with van der Waals surface area (Å²) in [4.78, 5) is 9.31. The minimum absolute atomic E-state index is 0.270. The number of rotatable bonds is 8. The largest absolute Gasteiger partial charge is 0.312 e. The van der Waals surface area contributed by atoms with Crippen LogP contribution in [0, 0.1) is 11.8 Å². The van der Waals surface area contributed by atoms with Crippen LogP contribution in [-0.4, -0.2) is 46.1 Å². The third kappa shape index (κ3) is 4.26. The van der Waals surface area contributed by atoms with Gasteiger partial charge in [-0.2, -0.15) is 0 Å². The Morgan fingerprint density at radius 3 is 2.88 bits per heavy atom. The van der Waals surface area contributed by atoms with Crippen molar-refractivity contribution >= 4 is 21.2 Å². The number of aromatic nitrogens is 3. The van der Waals surface area contributed by atoms with Crippen LogP contribution in [0.3, 0.4) is 0 Å². The number of imidazole rings is 1. The molecule has 0 spiro atoms. The van der Waals surface area contributed by atoms with E-state index in [9.17, 15) is 8.42 Å². The maximum atomic E-state index is 12.4. The molecule has 6 nitrogen and oxygen atoms in total. The summed E-state index contributed by atoms with van der Waals surface area (Å²) in [6, 6.07) is 3.91. The lowest BCUT2D eigenvalue weighted by Crippen LogP contribution is -2.31. The second kappa shape index (κ2) is 8.05. The van der Waals surface area contributed by atoms with Crippen molar-refractivity contribution in [2.24, 2.45) is 11.8 Å². The first-order valence-corrected chi connectivity index (χ1v) is 11.3. The van der Waals surface area contributed by atoms with Gasteiger partial charge in [0, 0.05) is 32.3 Å². The second-order valence-corrected chi connectivity index (χ2v) is 9.85. The first-order valence-electron chi connectivity index (χ1n) is 9.68. The SMILES string of the molecule is CCCCS(=O)(=O)N1CCC(Cc2nc3cccnc3n2CC(C)C)C1. The molecule has 144 valence electrons. The summed E-state index contributed by atoms with van der Waals surface area (Å²) in [7, 11) is -3.11. The van der Waals surface area contributed by atoms with Gasteiger partial charge in [0.2, 0.25) is 10.0 Å². The molecule has 0 N–H and O–H groups in total. The number of hydrogen-bond acceptors (Lipinski definition) is 4. The molecule has 26 heavy (non-hydrogen) atoms. The Morgan fingerprint density at radius 1 is 1.35 bits per heavy atom. The summed E-state index contributed by atoms with van der Waals surface area (Å²) in [5.74, 6) is 2.13. The molecule has 1 unspecified atom stereocenters. The Bertz CT molecular complexity index is 844. The van der Waals surface area contributed by atoms with E-state index in [1.54, 1.807) is 4.31 Å². The highest BCUT2D eigenvalue weighted by atomic mass is 32.2. The molecule has 0 bridgehead atoms. The zero-order valence-electron chi connectivity index (χ0n) is 16.1. The van der Waals surface area contributed by atoms with Gasteiger partial charge in [-0.1, -0.05) is 27.2 Å². The first-order chi connectivity index (χ1) is 12.4. The summed E-state index contributed by atoms with van der Waals surface area (Å²) in [5.41, 5.74) is 1.86. The molecule has 2 aromatic heterocycles. The van der Waals surface area contributed by atoms with Gasteiger partial charge in [0.05, 0.1) is 5.75 Å². The van der Waals surface area contributed by atoms with Crippen LogP contribution >= 0.6 is 0 Å². The molecule has 1 fully saturated rings. The van der Waals surface area contributed by atoms with Gasteiger partial charge in [-0.3, -0.25) is 0 Å². The second-order valence-electron chi connectivity index (χ2n) is 7.77. The number of pyridine rings is 1. The summed E-state index contributed by atoms with van der Waals surface area (Å²) in [6.45, 7) is 8.54. The highest BCUT2D eigenvalue weighted by Crippen LogP contribution is 2.25. The van der Waals surface area contributed by atoms with E-state index in [-0.39, 0.29) is 5.75 Å². The fourth-order valence-corrected chi connectivity index (χ4v) is 5.38. The zero-order valence-corrected chi connectivity index (χ0v) is 16.9. The first kappa shape index (κ1) is 19.3. The monoisotopic (exact) mass is 378 g/mol. The molecule has 0 aromatic carbocycles. The molecule has 1 atom stereocenters. The Morgan fingerprint density at radius 2 is 2.15 bits per heavy atom. The summed E-state index contributed by atoms with van der Waals surface area (Å²) >= 11 is 0. The lowest BCUT2D eigenvalue weighted by atomic mass is 10.0. The summed E-state index contributed by atoms with van der Waals surface area (Å²) in [5, 5.41) is 0. The van der Waals surface area contributed by atoms with Crippen molar-refractivity contribution in [3.8, 4) is 0 Å². The van der Waals surface area contributed by atoms with Gasteiger partial charge in [0.1, 0.15) is 11.3 Å². The van der Waals surface area contributed by atoms with Crippen LogP contribution in [-0.2, 0) is 23.0 Å². The van der Waals surface area contributed by atoms with Crippen molar-refractivity contribution in [3.63, 3.8) is 0 Å². The van der Waals surface area contributed by atoms with E-state index in [4.69, 9.17) is 4.98 Å². The summed E-state index contributed by atoms with van der Waals surface area (Å²) < 4.78 is 28.8. The minimum Gasteiger partial charge on any atom is -0.312 e. The van der Waals surface area contributed by atoms with E-state index < -0.39 is 10.0 Å². The van der Waals surface area contributed by atoms with Crippen LogP contribution < -0.4 is 0 Å². The molecule has 3 rings (SSSR count). The molecule has 1 aliphatic rings. The van der Waals surface area contributed by atoms with Crippen molar-refractivity contribution in [1.82, 2.24) is 18.8 Å². The maximum absolute atomic E-state index is 12.4. The highest BCUT2D eigenvalue weighted by molar-refractivity contribution is 7.89. The van der Waals surface area contributed by atoms with Gasteiger partial charge in [-0.25, -0.2) is 22.7 Å². The average Bonchev–Trinajstić information content (AvgIpc) is 3.19. The molecule has 1 saturated heterocycles. The molecule has 7 heteroatoms. The van der Waals surface area contributed by atoms with Gasteiger partial charge in [-0.05, 0) is 36.8 Å². The predicted molar refractivity (Wildman–Crippen MR) is 104 cm³/mol. The molecule has 0 aliphatic carbocycles. The van der Waals surface area contributed by atoms with Gasteiger partial charge in [0.25, 0.3) is 0 Å². The quantitative estimate of drug-likeness (QED) is 0.708. The Balaban J connectivity index is 1.75. The molecule has 1 aliphatic heterocycles. The number of nitrogens with zero attached hydrogens (tertiary/aromatic N) is 4. The predicted octanol–water partition coefficient (Wildman–Crippen LogP) is 3.08. The third-order valence-corrected chi connectivity index (χ3v) is 6.92. The smallest absolute Gasteiger partial charge is 0.214 e. The van der Waals surface area contributed by atoms with Gasteiger partial charge >= 0.3 is 0 Å². The Labute approximate surface area is 156 Å². The topological polar surface area (TPSA) is 68.1 Å². The van der Waals surface area contributed by atoms with Crippen molar-refractivity contribution in [2.45, 2.75) is 53.0 Å². The number of unbranched alkanes of at least 4 members (excludes halogenated alkanes) is 1. The van der Waals surface area contributed by atoms with E-state index in [1.807, 2.05) is 25.3 Å². The number of hydrogen-bond donors (Lipinski definition) is 0. The van der Waals surface area contributed by atoms with Crippen molar-refractivity contribution < 1.29 is 8.42 Å². The third-order valence-electron chi connectivity index (χ3n) is 5.00. The van der Waals surface area contributed by atoms with Crippen LogP contribution in [0.5, 0.6) is 0 Å². The molecule has 0 radical (unpaired) electrons. The molecule has 2 aromatic rings. The fraction of sp³-hybridized carbons (Fsp3) is 0.684. The van der Waals surface area contributed by atoms with Crippen molar-refractivity contribution in [3.05, 3.63) is 24.2 Å². The van der Waals surface area contributed by atoms with Crippen LogP contribution in [0.2, 0.25) is 0 Å². The van der Waals surface area contributed by atoms with Crippen molar-refractivity contribution in [2.75, 3.05) is 18.8 Å². The number of sulfonamides is 1. The van der Waals surface area contributed by atoms with Gasteiger partial charge in [0.15, 0.2) is 5.65 Å². The molecular formula is C19H30N4O2S. The van der Waals surface area contributed by atoms with Gasteiger partial charge < -0.3 is 4.57 Å². The van der Waals surface area contributed by atoms with Crippen LogP contribution in [0.15, 0.2) is 18.3 Å². The zero-order chi connectivity index (χ0) is 18.7. The highest BCUT2D eigenvalue weighted by Gasteiger charge is 2.32. The average molecular weight is 379 g/mol. The van der Waals surface area contributed by atoms with Crippen molar-refractivity contribution in [1.29, 1.82) is 0 Å². The van der Waals surface area contributed by atoms with Crippen LogP contribution in [0.25, 0.3) is 11.2 Å². The van der Waals surface area contributed by atoms with E-state index in [0.717, 1.165) is 49.2 Å². The standard InChI is InChI=1S/C19H30N4O2S/c1-4-5-11-26(24,25)22-10-8-16(14-22)12-18-21-17-7-6-9-20-19(17)23(18)13-15(2)3/h6-7,9,15-16H,4-5,8,10-14H2,1-3H3.